The smallest absolute Gasteiger partial charge is 0.195 e. The molecule has 2 aromatic heterocycles. The Morgan fingerprint density at radius 2 is 1.43 bits per heavy atom. The minimum Gasteiger partial charge on any atom is -0.275 e. The van der Waals surface area contributed by atoms with E-state index in [0.29, 0.717) is 0 Å². The summed E-state index contributed by atoms with van der Waals surface area (Å²) < 4.78 is 2.11. The number of rotatable bonds is 4. The van der Waals surface area contributed by atoms with E-state index in [-0.39, 0.29) is 0 Å². The molecule has 5 heteroatoms. The van der Waals surface area contributed by atoms with Crippen molar-refractivity contribution < 1.29 is 0 Å². The second kappa shape index (κ2) is 6.45. The fourth-order valence-corrected chi connectivity index (χ4v) is 5.43. The number of thiazole rings is 1. The summed E-state index contributed by atoms with van der Waals surface area (Å²) in [6, 6.07) is 21.2. The Kier molecular flexibility index (Phi) is 4.01. The zero-order valence-corrected chi connectivity index (χ0v) is 14.0. The lowest BCUT2D eigenvalue weighted by molar-refractivity contribution is 1.07. The molecule has 2 heterocycles. The maximum Gasteiger partial charge on any atom is 0.195 e. The third-order valence-corrected chi connectivity index (χ3v) is 6.61. The number of hydrogen-bond donors (Lipinski definition) is 0. The molecule has 0 amide bonds. The number of nitrogens with zero attached hydrogens (tertiary/aromatic N) is 3. The molecule has 0 saturated heterocycles. The average Bonchev–Trinajstić information content (AvgIpc) is 3.28. The highest BCUT2D eigenvalue weighted by molar-refractivity contribution is 7.79. The average molecular weight is 335 g/mol. The van der Waals surface area contributed by atoms with E-state index in [1.54, 1.807) is 11.3 Å². The Bertz CT molecular complexity index is 834. The van der Waals surface area contributed by atoms with Gasteiger partial charge in [0.15, 0.2) is 5.13 Å². The van der Waals surface area contributed by atoms with Crippen molar-refractivity contribution in [3.63, 3.8) is 0 Å². The third kappa shape index (κ3) is 2.83. The van der Waals surface area contributed by atoms with Crippen LogP contribution in [-0.4, -0.2) is 14.5 Å². The van der Waals surface area contributed by atoms with Crippen LogP contribution in [0.25, 0.3) is 5.13 Å². The summed E-state index contributed by atoms with van der Waals surface area (Å²) in [4.78, 5) is 9.12. The highest BCUT2D eigenvalue weighted by Crippen LogP contribution is 2.32. The molecule has 0 radical (unpaired) electrons. The highest BCUT2D eigenvalue weighted by atomic mass is 32.1. The highest BCUT2D eigenvalue weighted by Gasteiger charge is 2.22. The van der Waals surface area contributed by atoms with Gasteiger partial charge in [0.1, 0.15) is 5.57 Å². The maximum absolute atomic E-state index is 4.68. The summed E-state index contributed by atoms with van der Waals surface area (Å²) in [6.45, 7) is 0. The van der Waals surface area contributed by atoms with Crippen LogP contribution in [0.3, 0.4) is 0 Å². The predicted molar refractivity (Wildman–Crippen MR) is 97.9 cm³/mol. The Morgan fingerprint density at radius 3 is 2.00 bits per heavy atom. The Balaban J connectivity index is 1.89. The van der Waals surface area contributed by atoms with E-state index in [9.17, 15) is 0 Å². The van der Waals surface area contributed by atoms with E-state index in [2.05, 4.69) is 75.2 Å². The second-order valence-electron chi connectivity index (χ2n) is 4.92. The first-order valence-corrected chi connectivity index (χ1v) is 9.49. The zero-order valence-electron chi connectivity index (χ0n) is 12.3. The first-order chi connectivity index (χ1) is 11.4. The summed E-state index contributed by atoms with van der Waals surface area (Å²) in [5, 5.41) is 5.53. The topological polar surface area (TPSA) is 30.7 Å². The SMILES string of the molecule is c1ccc(P(c2ccccc2)c2nccn2-c2nccs2)cc1. The van der Waals surface area contributed by atoms with Crippen LogP contribution in [0, 0.1) is 0 Å². The molecule has 0 bridgehead atoms. The van der Waals surface area contributed by atoms with Gasteiger partial charge in [-0.15, -0.1) is 11.3 Å². The van der Waals surface area contributed by atoms with Crippen LogP contribution in [-0.2, 0) is 0 Å². The largest absolute Gasteiger partial charge is 0.275 e. The van der Waals surface area contributed by atoms with Gasteiger partial charge in [-0.3, -0.25) is 4.57 Å². The first-order valence-electron chi connectivity index (χ1n) is 7.27. The standard InChI is InChI=1S/C18H14N3PS/c1-3-7-15(8-4-1)22(16-9-5-2-6-10-16)17-19-11-13-21(17)18-20-12-14-23-18/h1-14H. The third-order valence-electron chi connectivity index (χ3n) is 3.48. The molecule has 23 heavy (non-hydrogen) atoms. The van der Waals surface area contributed by atoms with Gasteiger partial charge in [0.25, 0.3) is 0 Å². The molecule has 0 saturated carbocycles. The van der Waals surface area contributed by atoms with Gasteiger partial charge < -0.3 is 0 Å². The Hall–Kier alpha value is -2.29. The van der Waals surface area contributed by atoms with Crippen LogP contribution in [0.4, 0.5) is 0 Å². The van der Waals surface area contributed by atoms with Gasteiger partial charge in [-0.05, 0) is 10.6 Å². The van der Waals surface area contributed by atoms with E-state index in [4.69, 9.17) is 0 Å². The summed E-state index contributed by atoms with van der Waals surface area (Å²) >= 11 is 1.62. The number of benzene rings is 2. The minimum absolute atomic E-state index is 0.716. The molecule has 0 aliphatic heterocycles. The lowest BCUT2D eigenvalue weighted by Gasteiger charge is -2.18. The van der Waals surface area contributed by atoms with Gasteiger partial charge >= 0.3 is 0 Å². The van der Waals surface area contributed by atoms with Crippen molar-refractivity contribution in [2.24, 2.45) is 0 Å². The minimum atomic E-state index is -0.716. The fraction of sp³-hybridized carbons (Fsp3) is 0. The fourth-order valence-electron chi connectivity index (χ4n) is 2.48. The monoisotopic (exact) mass is 335 g/mol. The summed E-state index contributed by atoms with van der Waals surface area (Å²) in [5.74, 6) is 0. The van der Waals surface area contributed by atoms with Crippen LogP contribution in [0.5, 0.6) is 0 Å². The van der Waals surface area contributed by atoms with Gasteiger partial charge in [0, 0.05) is 31.9 Å². The summed E-state index contributed by atoms with van der Waals surface area (Å²) in [7, 11) is -0.716. The predicted octanol–water partition coefficient (Wildman–Crippen LogP) is 3.09. The van der Waals surface area contributed by atoms with Crippen molar-refractivity contribution in [2.45, 2.75) is 0 Å². The van der Waals surface area contributed by atoms with Crippen molar-refractivity contribution in [2.75, 3.05) is 0 Å². The van der Waals surface area contributed by atoms with Crippen LogP contribution in [0.1, 0.15) is 0 Å². The molecular weight excluding hydrogens is 321 g/mol. The molecule has 112 valence electrons. The van der Waals surface area contributed by atoms with Crippen molar-refractivity contribution in [3.05, 3.63) is 84.6 Å². The molecule has 0 N–H and O–H groups in total. The molecule has 0 aliphatic rings. The van der Waals surface area contributed by atoms with E-state index >= 15 is 0 Å². The first kappa shape index (κ1) is 14.3. The molecule has 0 fully saturated rings. The van der Waals surface area contributed by atoms with Gasteiger partial charge in [-0.2, -0.15) is 0 Å². The van der Waals surface area contributed by atoms with Crippen LogP contribution >= 0.6 is 19.3 Å². The van der Waals surface area contributed by atoms with E-state index in [0.717, 1.165) is 10.7 Å². The number of hydrogen-bond acceptors (Lipinski definition) is 3. The molecule has 3 nitrogen and oxygen atoms in total. The summed E-state index contributed by atoms with van der Waals surface area (Å²) in [6.07, 6.45) is 5.68. The van der Waals surface area contributed by atoms with Crippen molar-refractivity contribution in [1.29, 1.82) is 0 Å². The molecule has 0 unspecified atom stereocenters. The van der Waals surface area contributed by atoms with Gasteiger partial charge in [0.05, 0.1) is 0 Å². The summed E-state index contributed by atoms with van der Waals surface area (Å²) in [5.41, 5.74) is 1.05. The van der Waals surface area contributed by atoms with E-state index < -0.39 is 7.92 Å². The van der Waals surface area contributed by atoms with Gasteiger partial charge in [-0.1, -0.05) is 60.7 Å². The Morgan fingerprint density at radius 1 is 0.783 bits per heavy atom. The number of imidazole rings is 1. The molecule has 2 aromatic carbocycles. The Labute approximate surface area is 140 Å². The van der Waals surface area contributed by atoms with E-state index in [1.165, 1.54) is 10.6 Å². The quantitative estimate of drug-likeness (QED) is 0.537. The lowest BCUT2D eigenvalue weighted by atomic mass is 10.4. The molecule has 0 spiro atoms. The van der Waals surface area contributed by atoms with E-state index in [1.807, 2.05) is 24.0 Å². The zero-order chi connectivity index (χ0) is 15.5. The number of aromatic nitrogens is 3. The molecule has 4 rings (SSSR count). The van der Waals surface area contributed by atoms with Crippen LogP contribution in [0.15, 0.2) is 84.6 Å². The van der Waals surface area contributed by atoms with Crippen molar-refractivity contribution >= 4 is 35.4 Å². The van der Waals surface area contributed by atoms with Crippen LogP contribution < -0.4 is 16.2 Å². The van der Waals surface area contributed by atoms with Gasteiger partial charge in [0.2, 0.25) is 0 Å². The van der Waals surface area contributed by atoms with Crippen molar-refractivity contribution in [1.82, 2.24) is 14.5 Å². The second-order valence-corrected chi connectivity index (χ2v) is 7.90. The maximum atomic E-state index is 4.68. The lowest BCUT2D eigenvalue weighted by Crippen LogP contribution is -2.27. The molecular formula is C18H14N3PS. The molecule has 0 aliphatic carbocycles. The molecule has 4 aromatic rings. The van der Waals surface area contributed by atoms with Crippen molar-refractivity contribution in [3.8, 4) is 5.13 Å². The van der Waals surface area contributed by atoms with Crippen LogP contribution in [0.2, 0.25) is 0 Å². The normalized spacial score (nSPS) is 11.0. The molecule has 0 atom stereocenters. The van der Waals surface area contributed by atoms with Gasteiger partial charge in [-0.25, -0.2) is 9.97 Å².